The summed E-state index contributed by atoms with van der Waals surface area (Å²) in [4.78, 5) is 23.1. The van der Waals surface area contributed by atoms with Crippen LogP contribution < -0.4 is 0 Å². The van der Waals surface area contributed by atoms with Crippen molar-refractivity contribution in [2.75, 3.05) is 0 Å². The van der Waals surface area contributed by atoms with E-state index in [1.807, 2.05) is 33.8 Å². The van der Waals surface area contributed by atoms with E-state index in [0.717, 1.165) is 42.3 Å². The summed E-state index contributed by atoms with van der Waals surface area (Å²) in [7, 11) is 0. The zero-order valence-electron chi connectivity index (χ0n) is 14.3. The van der Waals surface area contributed by atoms with Gasteiger partial charge in [0.05, 0.1) is 5.41 Å². The average Bonchev–Trinajstić information content (AvgIpc) is 2.47. The molecule has 0 aromatic carbocycles. The maximum absolute atomic E-state index is 12.2. The number of rotatable bonds is 3. The monoisotopic (exact) mass is 300 g/mol. The van der Waals surface area contributed by atoms with E-state index in [2.05, 4.69) is 19.2 Å². The van der Waals surface area contributed by atoms with Crippen molar-refractivity contribution in [3.05, 3.63) is 48.1 Å². The summed E-state index contributed by atoms with van der Waals surface area (Å²) in [6.45, 7) is 15.2. The van der Waals surface area contributed by atoms with Crippen molar-refractivity contribution in [1.29, 1.82) is 0 Å². The summed E-state index contributed by atoms with van der Waals surface area (Å²) in [6.07, 6.45) is 9.86. The highest BCUT2D eigenvalue weighted by atomic mass is 16.1. The molecule has 0 aromatic heterocycles. The first kappa shape index (κ1) is 18.3. The van der Waals surface area contributed by atoms with Crippen molar-refractivity contribution in [1.82, 2.24) is 0 Å². The van der Waals surface area contributed by atoms with Crippen molar-refractivity contribution >= 4 is 12.1 Å². The minimum absolute atomic E-state index is 0.146. The molecule has 0 radical (unpaired) electrons. The molecular weight excluding hydrogens is 272 g/mol. The van der Waals surface area contributed by atoms with Gasteiger partial charge in [-0.25, -0.2) is 0 Å². The highest BCUT2D eigenvalue weighted by Gasteiger charge is 2.50. The average molecular weight is 300 g/mol. The SMILES string of the molecule is C=C1CCCC(/C=C(/C)C=O)C1C1(C)C=C(C)C1=O.C=CC. The molecule has 0 heterocycles. The third-order valence-corrected chi connectivity index (χ3v) is 4.58. The van der Waals surface area contributed by atoms with E-state index in [-0.39, 0.29) is 17.6 Å². The number of carbonyl (C=O) groups is 2. The van der Waals surface area contributed by atoms with Crippen LogP contribution in [0.2, 0.25) is 0 Å². The fourth-order valence-corrected chi connectivity index (χ4v) is 3.77. The predicted octanol–water partition coefficient (Wildman–Crippen LogP) is 4.83. The second kappa shape index (κ2) is 7.53. The van der Waals surface area contributed by atoms with Crippen LogP contribution in [-0.4, -0.2) is 12.1 Å². The van der Waals surface area contributed by atoms with Gasteiger partial charge in [0.25, 0.3) is 0 Å². The molecule has 2 heteroatoms. The second-order valence-electron chi connectivity index (χ2n) is 6.57. The lowest BCUT2D eigenvalue weighted by atomic mass is 9.55. The van der Waals surface area contributed by atoms with Gasteiger partial charge in [-0.1, -0.05) is 30.4 Å². The third-order valence-electron chi connectivity index (χ3n) is 4.58. The molecular formula is C20H28O2. The predicted molar refractivity (Wildman–Crippen MR) is 92.5 cm³/mol. The Kier molecular flexibility index (Phi) is 6.28. The lowest BCUT2D eigenvalue weighted by Gasteiger charge is -2.46. The van der Waals surface area contributed by atoms with Gasteiger partial charge in [0, 0.05) is 5.92 Å². The Morgan fingerprint density at radius 3 is 2.50 bits per heavy atom. The summed E-state index contributed by atoms with van der Waals surface area (Å²) in [5, 5.41) is 0. The molecule has 0 aliphatic heterocycles. The van der Waals surface area contributed by atoms with Crippen molar-refractivity contribution in [2.24, 2.45) is 17.3 Å². The van der Waals surface area contributed by atoms with Crippen LogP contribution in [0.5, 0.6) is 0 Å². The number of Topliss-reactive ketones (excluding diaryl/α,β-unsaturated/α-hetero) is 1. The molecule has 3 unspecified atom stereocenters. The standard InChI is InChI=1S/C17H22O2.C3H6/c1-11(10-18)8-14-7-5-6-12(2)15(14)17(4)9-13(3)16(17)19;1-3-2/h8-10,14-15H,2,5-7H2,1,3-4H3;3H,1H2,2H3/b11-8-;. The first-order chi connectivity index (χ1) is 10.3. The first-order valence-electron chi connectivity index (χ1n) is 7.94. The van der Waals surface area contributed by atoms with Gasteiger partial charge in [-0.2, -0.15) is 0 Å². The molecule has 2 aliphatic rings. The molecule has 2 aliphatic carbocycles. The summed E-state index contributed by atoms with van der Waals surface area (Å²) in [5.74, 6) is 0.639. The van der Waals surface area contributed by atoms with Crippen LogP contribution in [0, 0.1) is 17.3 Å². The maximum atomic E-state index is 12.2. The number of ketones is 1. The quantitative estimate of drug-likeness (QED) is 0.425. The molecule has 0 amide bonds. The van der Waals surface area contributed by atoms with Crippen LogP contribution in [0.1, 0.15) is 47.0 Å². The highest BCUT2D eigenvalue weighted by molar-refractivity contribution is 6.07. The van der Waals surface area contributed by atoms with Gasteiger partial charge < -0.3 is 0 Å². The molecule has 0 aromatic rings. The van der Waals surface area contributed by atoms with Gasteiger partial charge in [-0.15, -0.1) is 6.58 Å². The number of hydrogen-bond acceptors (Lipinski definition) is 2. The Morgan fingerprint density at radius 2 is 2.05 bits per heavy atom. The molecule has 2 nitrogen and oxygen atoms in total. The van der Waals surface area contributed by atoms with E-state index >= 15 is 0 Å². The maximum Gasteiger partial charge on any atom is 0.168 e. The molecule has 0 bridgehead atoms. The molecule has 22 heavy (non-hydrogen) atoms. The van der Waals surface area contributed by atoms with Crippen molar-refractivity contribution in [2.45, 2.75) is 47.0 Å². The van der Waals surface area contributed by atoms with Gasteiger partial charge in [0.2, 0.25) is 0 Å². The van der Waals surface area contributed by atoms with Crippen LogP contribution in [0.4, 0.5) is 0 Å². The largest absolute Gasteiger partial charge is 0.298 e. The molecule has 0 N–H and O–H groups in total. The topological polar surface area (TPSA) is 34.1 Å². The van der Waals surface area contributed by atoms with E-state index in [9.17, 15) is 9.59 Å². The third kappa shape index (κ3) is 3.55. The van der Waals surface area contributed by atoms with Gasteiger partial charge in [-0.05, 0) is 64.0 Å². The number of aldehydes is 1. The normalized spacial score (nSPS) is 31.5. The number of allylic oxidation sites excluding steroid dienone is 6. The Labute approximate surface area is 134 Å². The van der Waals surface area contributed by atoms with Crippen LogP contribution in [0.25, 0.3) is 0 Å². The molecule has 0 saturated heterocycles. The summed E-state index contributed by atoms with van der Waals surface area (Å²) in [5.41, 5.74) is 2.36. The van der Waals surface area contributed by atoms with E-state index in [1.54, 1.807) is 6.08 Å². The zero-order valence-corrected chi connectivity index (χ0v) is 14.3. The smallest absolute Gasteiger partial charge is 0.168 e. The highest BCUT2D eigenvalue weighted by Crippen LogP contribution is 2.52. The fourth-order valence-electron chi connectivity index (χ4n) is 3.77. The molecule has 0 spiro atoms. The molecule has 1 fully saturated rings. The van der Waals surface area contributed by atoms with E-state index < -0.39 is 5.41 Å². The Balaban J connectivity index is 0.000000745. The molecule has 2 rings (SSSR count). The van der Waals surface area contributed by atoms with E-state index in [4.69, 9.17) is 0 Å². The van der Waals surface area contributed by atoms with E-state index in [0.29, 0.717) is 0 Å². The summed E-state index contributed by atoms with van der Waals surface area (Å²) >= 11 is 0. The zero-order chi connectivity index (χ0) is 16.9. The van der Waals surface area contributed by atoms with Gasteiger partial charge in [0.15, 0.2) is 5.78 Å². The lowest BCUT2D eigenvalue weighted by Crippen LogP contribution is -2.46. The molecule has 3 atom stereocenters. The Hall–Kier alpha value is -1.70. The van der Waals surface area contributed by atoms with Crippen LogP contribution in [-0.2, 0) is 9.59 Å². The lowest BCUT2D eigenvalue weighted by molar-refractivity contribution is -0.127. The van der Waals surface area contributed by atoms with Gasteiger partial charge in [-0.3, -0.25) is 9.59 Å². The summed E-state index contributed by atoms with van der Waals surface area (Å²) < 4.78 is 0. The summed E-state index contributed by atoms with van der Waals surface area (Å²) in [6, 6.07) is 0. The van der Waals surface area contributed by atoms with Crippen LogP contribution >= 0.6 is 0 Å². The van der Waals surface area contributed by atoms with Gasteiger partial charge in [0.1, 0.15) is 6.29 Å². The van der Waals surface area contributed by atoms with Crippen molar-refractivity contribution in [3.63, 3.8) is 0 Å². The molecule has 1 saturated carbocycles. The van der Waals surface area contributed by atoms with Crippen molar-refractivity contribution < 1.29 is 9.59 Å². The van der Waals surface area contributed by atoms with Crippen molar-refractivity contribution in [3.8, 4) is 0 Å². The Morgan fingerprint density at radius 1 is 1.45 bits per heavy atom. The van der Waals surface area contributed by atoms with E-state index in [1.165, 1.54) is 0 Å². The van der Waals surface area contributed by atoms with Crippen LogP contribution in [0.15, 0.2) is 48.1 Å². The minimum atomic E-state index is -0.411. The Bertz CT molecular complexity index is 536. The van der Waals surface area contributed by atoms with Crippen LogP contribution in [0.3, 0.4) is 0 Å². The first-order valence-corrected chi connectivity index (χ1v) is 7.94. The fraction of sp³-hybridized carbons (Fsp3) is 0.500. The second-order valence-corrected chi connectivity index (χ2v) is 6.57. The number of hydrogen-bond donors (Lipinski definition) is 0. The minimum Gasteiger partial charge on any atom is -0.298 e. The molecule has 120 valence electrons. The van der Waals surface area contributed by atoms with Gasteiger partial charge >= 0.3 is 0 Å². The number of carbonyl (C=O) groups excluding carboxylic acids is 2.